The van der Waals surface area contributed by atoms with Crippen molar-refractivity contribution in [3.63, 3.8) is 0 Å². The summed E-state index contributed by atoms with van der Waals surface area (Å²) in [6.07, 6.45) is 7.21. The maximum Gasteiger partial charge on any atom is 0.124 e. The van der Waals surface area contributed by atoms with E-state index in [2.05, 4.69) is 22.1 Å². The topological polar surface area (TPSA) is 44.2 Å². The van der Waals surface area contributed by atoms with Gasteiger partial charge in [-0.1, -0.05) is 6.07 Å². The van der Waals surface area contributed by atoms with E-state index < -0.39 is 0 Å². The van der Waals surface area contributed by atoms with Gasteiger partial charge in [0.15, 0.2) is 0 Å². The van der Waals surface area contributed by atoms with Crippen LogP contribution in [0.2, 0.25) is 0 Å². The Balaban J connectivity index is 2.27. The Morgan fingerprint density at radius 3 is 2.81 bits per heavy atom. The van der Waals surface area contributed by atoms with Gasteiger partial charge < -0.3 is 9.47 Å². The first-order valence-electron chi connectivity index (χ1n) is 6.94. The summed E-state index contributed by atoms with van der Waals surface area (Å²) in [6.45, 7) is 5.23. The fraction of sp³-hybridized carbons (Fsp3) is 0.294. The van der Waals surface area contributed by atoms with Gasteiger partial charge in [-0.25, -0.2) is 0 Å². The monoisotopic (exact) mass is 284 g/mol. The van der Waals surface area contributed by atoms with Crippen molar-refractivity contribution in [3.8, 4) is 5.75 Å². The first kappa shape index (κ1) is 15.2. The number of allylic oxidation sites excluding steroid dienone is 1. The van der Waals surface area contributed by atoms with Gasteiger partial charge in [0.2, 0.25) is 0 Å². The first-order valence-corrected chi connectivity index (χ1v) is 6.94. The summed E-state index contributed by atoms with van der Waals surface area (Å²) >= 11 is 0. The zero-order valence-electron chi connectivity index (χ0n) is 12.7. The summed E-state index contributed by atoms with van der Waals surface area (Å²) in [5.41, 5.74) is 4.07. The third-order valence-corrected chi connectivity index (χ3v) is 3.12. The zero-order chi connectivity index (χ0) is 15.1. The van der Waals surface area contributed by atoms with Crippen molar-refractivity contribution in [2.24, 2.45) is 0 Å². The summed E-state index contributed by atoms with van der Waals surface area (Å²) < 4.78 is 10.8. The molecule has 0 saturated carbocycles. The van der Waals surface area contributed by atoms with E-state index in [-0.39, 0.29) is 0 Å². The summed E-state index contributed by atoms with van der Waals surface area (Å²) in [5.74, 6) is 0.845. The maximum atomic E-state index is 5.48. The van der Waals surface area contributed by atoms with Crippen molar-refractivity contribution in [2.75, 3.05) is 13.7 Å². The van der Waals surface area contributed by atoms with Crippen LogP contribution in [-0.2, 0) is 11.3 Å². The van der Waals surface area contributed by atoms with Crippen molar-refractivity contribution >= 4 is 11.6 Å². The molecule has 21 heavy (non-hydrogen) atoms. The lowest BCUT2D eigenvalue weighted by atomic mass is 10.1. The quantitative estimate of drug-likeness (QED) is 0.813. The second-order valence-electron chi connectivity index (χ2n) is 4.63. The van der Waals surface area contributed by atoms with Crippen molar-refractivity contribution < 1.29 is 9.47 Å². The van der Waals surface area contributed by atoms with E-state index in [1.807, 2.05) is 26.0 Å². The minimum absolute atomic E-state index is 0.547. The molecule has 1 aromatic heterocycles. The van der Waals surface area contributed by atoms with E-state index in [0.29, 0.717) is 13.2 Å². The minimum Gasteiger partial charge on any atom is -0.496 e. The molecule has 0 aliphatic carbocycles. The Hall–Kier alpha value is -2.20. The van der Waals surface area contributed by atoms with Crippen LogP contribution in [0.3, 0.4) is 0 Å². The van der Waals surface area contributed by atoms with Crippen molar-refractivity contribution in [3.05, 3.63) is 53.6 Å². The second-order valence-corrected chi connectivity index (χ2v) is 4.63. The highest BCUT2D eigenvalue weighted by Gasteiger charge is 2.05. The molecule has 1 heterocycles. The average molecular weight is 284 g/mol. The molecule has 0 bridgehead atoms. The fourth-order valence-electron chi connectivity index (χ4n) is 2.04. The molecular weight excluding hydrogens is 264 g/mol. The smallest absolute Gasteiger partial charge is 0.124 e. The predicted molar refractivity (Wildman–Crippen MR) is 83.9 cm³/mol. The maximum absolute atomic E-state index is 5.48. The van der Waals surface area contributed by atoms with Gasteiger partial charge in [-0.3, -0.25) is 9.97 Å². The highest BCUT2D eigenvalue weighted by Crippen LogP contribution is 2.23. The van der Waals surface area contributed by atoms with E-state index in [9.17, 15) is 0 Å². The van der Waals surface area contributed by atoms with Gasteiger partial charge in [-0.05, 0) is 43.2 Å². The molecule has 2 aromatic rings. The lowest BCUT2D eigenvalue weighted by Gasteiger charge is -2.10. The van der Waals surface area contributed by atoms with Crippen LogP contribution in [0.1, 0.15) is 30.7 Å². The Labute approximate surface area is 125 Å². The van der Waals surface area contributed by atoms with Gasteiger partial charge in [0, 0.05) is 24.6 Å². The van der Waals surface area contributed by atoms with Gasteiger partial charge >= 0.3 is 0 Å². The predicted octanol–water partition coefficient (Wildman–Crippen LogP) is 3.58. The third-order valence-electron chi connectivity index (χ3n) is 3.12. The largest absolute Gasteiger partial charge is 0.496 e. The van der Waals surface area contributed by atoms with Crippen LogP contribution >= 0.6 is 0 Å². The molecule has 0 radical (unpaired) electrons. The van der Waals surface area contributed by atoms with E-state index in [0.717, 1.165) is 28.1 Å². The molecule has 0 unspecified atom stereocenters. The van der Waals surface area contributed by atoms with Crippen LogP contribution in [0.25, 0.3) is 11.6 Å². The van der Waals surface area contributed by atoms with Gasteiger partial charge in [-0.2, -0.15) is 0 Å². The lowest BCUT2D eigenvalue weighted by Crippen LogP contribution is -1.97. The zero-order valence-corrected chi connectivity index (χ0v) is 12.7. The number of hydrogen-bond acceptors (Lipinski definition) is 4. The summed E-state index contributed by atoms with van der Waals surface area (Å²) in [4.78, 5) is 8.39. The molecule has 110 valence electrons. The molecule has 0 spiro atoms. The lowest BCUT2D eigenvalue weighted by molar-refractivity contribution is 0.132. The Bertz CT molecular complexity index is 609. The number of ether oxygens (including phenoxy) is 2. The number of benzene rings is 1. The molecule has 2 rings (SSSR count). The Morgan fingerprint density at radius 1 is 1.29 bits per heavy atom. The van der Waals surface area contributed by atoms with Crippen LogP contribution in [0.4, 0.5) is 0 Å². The Morgan fingerprint density at radius 2 is 2.14 bits per heavy atom. The van der Waals surface area contributed by atoms with Gasteiger partial charge in [0.25, 0.3) is 0 Å². The first-order chi connectivity index (χ1) is 10.2. The summed E-state index contributed by atoms with van der Waals surface area (Å²) in [6, 6.07) is 6.06. The van der Waals surface area contributed by atoms with Crippen molar-refractivity contribution in [2.45, 2.75) is 20.5 Å². The van der Waals surface area contributed by atoms with E-state index in [1.165, 1.54) is 0 Å². The number of aromatic nitrogens is 2. The fourth-order valence-corrected chi connectivity index (χ4v) is 2.04. The molecule has 0 N–H and O–H groups in total. The Kier molecular flexibility index (Phi) is 5.46. The van der Waals surface area contributed by atoms with E-state index >= 15 is 0 Å². The molecule has 4 heteroatoms. The van der Waals surface area contributed by atoms with Gasteiger partial charge in [-0.15, -0.1) is 0 Å². The number of methoxy groups -OCH3 is 1. The number of nitrogens with zero attached hydrogens (tertiary/aromatic N) is 2. The highest BCUT2D eigenvalue weighted by atomic mass is 16.5. The summed E-state index contributed by atoms with van der Waals surface area (Å²) in [7, 11) is 1.67. The molecule has 0 aliphatic heterocycles. The molecule has 4 nitrogen and oxygen atoms in total. The van der Waals surface area contributed by atoms with Crippen LogP contribution in [0.5, 0.6) is 5.75 Å². The summed E-state index contributed by atoms with van der Waals surface area (Å²) in [5, 5.41) is 0. The molecular formula is C17H20N2O2. The van der Waals surface area contributed by atoms with Crippen molar-refractivity contribution in [1.82, 2.24) is 9.97 Å². The molecule has 0 amide bonds. The normalized spacial score (nSPS) is 11.5. The standard InChI is InChI=1S/C17H20N2O2/c1-4-21-12-15-10-14(5-6-17(15)20-3)9-13(2)16-11-18-7-8-19-16/h5-11H,4,12H2,1-3H3. The minimum atomic E-state index is 0.547. The SMILES string of the molecule is CCOCc1cc(C=C(C)c2cnccn2)ccc1OC. The molecule has 0 atom stereocenters. The van der Waals surface area contributed by atoms with Gasteiger partial charge in [0.1, 0.15) is 5.75 Å². The number of rotatable bonds is 6. The molecule has 1 aromatic carbocycles. The molecule has 0 aliphatic rings. The third kappa shape index (κ3) is 4.13. The molecule has 0 fully saturated rings. The van der Waals surface area contributed by atoms with E-state index in [4.69, 9.17) is 9.47 Å². The molecule has 0 saturated heterocycles. The number of hydrogen-bond donors (Lipinski definition) is 0. The highest BCUT2D eigenvalue weighted by molar-refractivity contribution is 5.78. The van der Waals surface area contributed by atoms with Crippen LogP contribution in [-0.4, -0.2) is 23.7 Å². The van der Waals surface area contributed by atoms with Gasteiger partial charge in [0.05, 0.1) is 25.6 Å². The van der Waals surface area contributed by atoms with Crippen LogP contribution < -0.4 is 4.74 Å². The second kappa shape index (κ2) is 7.55. The van der Waals surface area contributed by atoms with Crippen molar-refractivity contribution in [1.29, 1.82) is 0 Å². The van der Waals surface area contributed by atoms with Crippen LogP contribution in [0.15, 0.2) is 36.8 Å². The van der Waals surface area contributed by atoms with Crippen LogP contribution in [0, 0.1) is 0 Å². The average Bonchev–Trinajstić information content (AvgIpc) is 2.54. The van der Waals surface area contributed by atoms with E-state index in [1.54, 1.807) is 25.7 Å².